The van der Waals surface area contributed by atoms with Gasteiger partial charge in [0.15, 0.2) is 5.11 Å². The maximum absolute atomic E-state index is 12.2. The van der Waals surface area contributed by atoms with E-state index in [2.05, 4.69) is 9.71 Å². The van der Waals surface area contributed by atoms with E-state index in [4.69, 9.17) is 18.0 Å². The molecule has 16 heavy (non-hydrogen) atoms. The van der Waals surface area contributed by atoms with Gasteiger partial charge in [0.25, 0.3) is 0 Å². The quantitative estimate of drug-likeness (QED) is 0.601. The lowest BCUT2D eigenvalue weighted by Gasteiger charge is -2.12. The van der Waals surface area contributed by atoms with Gasteiger partial charge in [-0.1, -0.05) is 6.07 Å². The molecule has 1 aromatic heterocycles. The van der Waals surface area contributed by atoms with Crippen LogP contribution in [0.4, 0.5) is 0 Å². The van der Waals surface area contributed by atoms with E-state index < -0.39 is 9.71 Å². The number of rotatable bonds is 2. The van der Waals surface area contributed by atoms with Gasteiger partial charge in [0.2, 0.25) is 0 Å². The lowest BCUT2D eigenvalue weighted by Crippen LogP contribution is -2.37. The molecule has 0 aliphatic carbocycles. The molecule has 4 nitrogen and oxygen atoms in total. The van der Waals surface area contributed by atoms with Gasteiger partial charge in [-0.25, -0.2) is 4.21 Å². The molecule has 3 N–H and O–H groups in total. The standard InChI is InChI=1S/C10H15N3OS2/c1-7-4-5-9(6-12-7)8(2)16(3,14)13-10(11)15/h4-6H,1-3H3,(H3,11,13,14,15). The summed E-state index contributed by atoms with van der Waals surface area (Å²) in [6, 6.07) is 3.75. The van der Waals surface area contributed by atoms with Crippen molar-refractivity contribution >= 4 is 31.9 Å². The van der Waals surface area contributed by atoms with Gasteiger partial charge in [0, 0.05) is 28.6 Å². The molecule has 0 aliphatic heterocycles. The first-order chi connectivity index (χ1) is 7.33. The normalized spacial score (nSPS) is 13.9. The smallest absolute Gasteiger partial charge is 0.175 e. The molecule has 0 amide bonds. The summed E-state index contributed by atoms with van der Waals surface area (Å²) < 4.78 is 14.8. The molecule has 0 radical (unpaired) electrons. The van der Waals surface area contributed by atoms with Crippen molar-refractivity contribution in [1.29, 1.82) is 0 Å². The SMILES string of the molecule is CC(c1ccc(C)nc1)=S(C)(=O)NC(N)=S. The largest absolute Gasteiger partial charge is 0.376 e. The molecule has 0 spiro atoms. The molecule has 88 valence electrons. The van der Waals surface area contributed by atoms with Gasteiger partial charge in [-0.3, -0.25) is 9.71 Å². The van der Waals surface area contributed by atoms with Crippen molar-refractivity contribution in [3.05, 3.63) is 29.6 Å². The zero-order valence-corrected chi connectivity index (χ0v) is 11.1. The van der Waals surface area contributed by atoms with Gasteiger partial charge >= 0.3 is 0 Å². The summed E-state index contributed by atoms with van der Waals surface area (Å²) in [6.07, 6.45) is 3.26. The Labute approximate surface area is 101 Å². The number of nitrogens with two attached hydrogens (primary N) is 1. The molecule has 6 heteroatoms. The van der Waals surface area contributed by atoms with Crippen LogP contribution < -0.4 is 10.5 Å². The van der Waals surface area contributed by atoms with Crippen LogP contribution in [0.25, 0.3) is 0 Å². The second-order valence-corrected chi connectivity index (χ2v) is 6.50. The molecule has 0 aliphatic rings. The van der Waals surface area contributed by atoms with Crippen LogP contribution in [0.2, 0.25) is 0 Å². The summed E-state index contributed by atoms with van der Waals surface area (Å²) in [4.78, 5) is 4.84. The highest BCUT2D eigenvalue weighted by molar-refractivity contribution is 8.01. The molecule has 0 aromatic carbocycles. The van der Waals surface area contributed by atoms with Crippen molar-refractivity contribution in [3.8, 4) is 0 Å². The Morgan fingerprint density at radius 3 is 2.62 bits per heavy atom. The van der Waals surface area contributed by atoms with Crippen molar-refractivity contribution in [2.24, 2.45) is 5.73 Å². The monoisotopic (exact) mass is 257 g/mol. The Morgan fingerprint density at radius 1 is 1.56 bits per heavy atom. The second-order valence-electron chi connectivity index (χ2n) is 3.55. The highest BCUT2D eigenvalue weighted by atomic mass is 32.2. The highest BCUT2D eigenvalue weighted by Crippen LogP contribution is 2.03. The van der Waals surface area contributed by atoms with E-state index in [0.29, 0.717) is 4.86 Å². The first-order valence-electron chi connectivity index (χ1n) is 4.66. The molecule has 1 aromatic rings. The summed E-state index contributed by atoms with van der Waals surface area (Å²) in [5.41, 5.74) is 7.07. The van der Waals surface area contributed by atoms with E-state index >= 15 is 0 Å². The lowest BCUT2D eigenvalue weighted by atomic mass is 10.2. The fraction of sp³-hybridized carbons (Fsp3) is 0.300. The van der Waals surface area contributed by atoms with E-state index in [-0.39, 0.29) is 5.11 Å². The number of nitrogens with one attached hydrogen (secondary N) is 1. The number of aryl methyl sites for hydroxylation is 1. The lowest BCUT2D eigenvalue weighted by molar-refractivity contribution is 0.682. The Hall–Kier alpha value is -1.14. The predicted octanol–water partition coefficient (Wildman–Crippen LogP) is 0.593. The molecule has 0 saturated carbocycles. The van der Waals surface area contributed by atoms with Crippen LogP contribution >= 0.6 is 12.2 Å². The number of thiocarbonyl (C=S) groups is 1. The van der Waals surface area contributed by atoms with E-state index in [1.807, 2.05) is 19.1 Å². The molecule has 1 rings (SSSR count). The fourth-order valence-electron chi connectivity index (χ4n) is 1.17. The molecule has 1 unspecified atom stereocenters. The van der Waals surface area contributed by atoms with E-state index in [0.717, 1.165) is 11.3 Å². The molecule has 1 heterocycles. The zero-order chi connectivity index (χ0) is 12.3. The third kappa shape index (κ3) is 3.18. The minimum Gasteiger partial charge on any atom is -0.376 e. The van der Waals surface area contributed by atoms with Crippen molar-refractivity contribution < 1.29 is 4.21 Å². The van der Waals surface area contributed by atoms with E-state index in [1.165, 1.54) is 0 Å². The van der Waals surface area contributed by atoms with Gasteiger partial charge in [-0.2, -0.15) is 0 Å². The number of nitrogens with zero attached hydrogens (tertiary/aromatic N) is 1. The summed E-state index contributed by atoms with van der Waals surface area (Å²) in [6.45, 7) is 3.68. The van der Waals surface area contributed by atoms with Crippen LogP contribution in [0, 0.1) is 6.92 Å². The van der Waals surface area contributed by atoms with E-state index in [9.17, 15) is 4.21 Å². The zero-order valence-electron chi connectivity index (χ0n) is 9.48. The predicted molar refractivity (Wildman–Crippen MR) is 72.7 cm³/mol. The minimum absolute atomic E-state index is 0.0342. The second kappa shape index (κ2) is 4.80. The maximum atomic E-state index is 12.2. The van der Waals surface area contributed by atoms with Gasteiger partial charge in [0.05, 0.1) is 9.71 Å². The van der Waals surface area contributed by atoms with E-state index in [1.54, 1.807) is 19.4 Å². The third-order valence-electron chi connectivity index (χ3n) is 2.20. The van der Waals surface area contributed by atoms with Gasteiger partial charge in [0.1, 0.15) is 0 Å². The fourth-order valence-corrected chi connectivity index (χ4v) is 2.75. The molecule has 0 bridgehead atoms. The average molecular weight is 257 g/mol. The first kappa shape index (κ1) is 12.9. The van der Waals surface area contributed by atoms with Gasteiger partial charge in [-0.15, -0.1) is 0 Å². The first-order valence-corrected chi connectivity index (χ1v) is 7.03. The van der Waals surface area contributed by atoms with Crippen molar-refractivity contribution in [3.63, 3.8) is 0 Å². The molecule has 0 saturated heterocycles. The number of hydrogen-bond donors (Lipinski definition) is 2. The summed E-state index contributed by atoms with van der Waals surface area (Å²) in [5.74, 6) is 0. The van der Waals surface area contributed by atoms with Gasteiger partial charge < -0.3 is 5.73 Å². The van der Waals surface area contributed by atoms with Crippen molar-refractivity contribution in [1.82, 2.24) is 9.71 Å². The summed E-state index contributed by atoms with van der Waals surface area (Å²) in [5, 5.41) is 0.0342. The Morgan fingerprint density at radius 2 is 2.19 bits per heavy atom. The van der Waals surface area contributed by atoms with Crippen LogP contribution in [-0.2, 0) is 9.71 Å². The number of hydrogen-bond acceptors (Lipinski definition) is 3. The summed E-state index contributed by atoms with van der Waals surface area (Å²) in [7, 11) is -2.41. The molecule has 0 fully saturated rings. The molecule has 1 atom stereocenters. The Kier molecular flexibility index (Phi) is 3.88. The van der Waals surface area contributed by atoms with Crippen LogP contribution in [0.1, 0.15) is 18.2 Å². The number of pyridine rings is 1. The average Bonchev–Trinajstić information content (AvgIpc) is 2.16. The highest BCUT2D eigenvalue weighted by Gasteiger charge is 2.08. The topological polar surface area (TPSA) is 68.0 Å². The third-order valence-corrected chi connectivity index (χ3v) is 4.44. The van der Waals surface area contributed by atoms with Crippen LogP contribution in [-0.4, -0.2) is 25.4 Å². The Balaban J connectivity index is 3.22. The van der Waals surface area contributed by atoms with Crippen LogP contribution in [0.5, 0.6) is 0 Å². The maximum Gasteiger partial charge on any atom is 0.175 e. The van der Waals surface area contributed by atoms with Crippen molar-refractivity contribution in [2.45, 2.75) is 13.8 Å². The van der Waals surface area contributed by atoms with Crippen LogP contribution in [0.3, 0.4) is 0 Å². The van der Waals surface area contributed by atoms with Gasteiger partial charge in [-0.05, 0) is 32.1 Å². The number of aromatic nitrogens is 1. The Bertz CT molecular complexity index is 513. The molecular weight excluding hydrogens is 242 g/mol. The minimum atomic E-state index is -2.41. The molecular formula is C10H15N3OS2. The van der Waals surface area contributed by atoms with Crippen LogP contribution in [0.15, 0.2) is 18.3 Å². The summed E-state index contributed by atoms with van der Waals surface area (Å²) >= 11 is 4.69. The van der Waals surface area contributed by atoms with Crippen molar-refractivity contribution in [2.75, 3.05) is 6.26 Å².